The smallest absolute Gasteiger partial charge is 0.329 e. The minimum Gasteiger partial charge on any atom is -0.497 e. The fourth-order valence-corrected chi connectivity index (χ4v) is 3.33. The third-order valence-electron chi connectivity index (χ3n) is 5.04. The first kappa shape index (κ1) is 20.2. The van der Waals surface area contributed by atoms with E-state index < -0.39 is 11.2 Å². The van der Waals surface area contributed by atoms with E-state index in [4.69, 9.17) is 4.74 Å². The van der Waals surface area contributed by atoms with Crippen molar-refractivity contribution in [1.29, 1.82) is 0 Å². The van der Waals surface area contributed by atoms with E-state index in [0.29, 0.717) is 17.6 Å². The van der Waals surface area contributed by atoms with Gasteiger partial charge in [-0.1, -0.05) is 42.5 Å². The highest BCUT2D eigenvalue weighted by atomic mass is 16.5. The Morgan fingerprint density at radius 2 is 1.71 bits per heavy atom. The van der Waals surface area contributed by atoms with Crippen molar-refractivity contribution in [2.45, 2.75) is 13.1 Å². The molecule has 4 rings (SSSR count). The number of fused-ring (bicyclic) bond motifs is 1. The number of ether oxygens (including phenoxy) is 1. The van der Waals surface area contributed by atoms with Gasteiger partial charge in [-0.3, -0.25) is 14.2 Å². The second-order valence-corrected chi connectivity index (χ2v) is 7.10. The second-order valence-electron chi connectivity index (χ2n) is 7.10. The molecule has 0 atom stereocenters. The van der Waals surface area contributed by atoms with E-state index in [0.717, 1.165) is 21.4 Å². The van der Waals surface area contributed by atoms with Crippen LogP contribution >= 0.6 is 0 Å². The van der Waals surface area contributed by atoms with Gasteiger partial charge in [0.1, 0.15) is 5.75 Å². The third kappa shape index (κ3) is 4.40. The maximum Gasteiger partial charge on any atom is 0.329 e. The van der Waals surface area contributed by atoms with Gasteiger partial charge in [-0.15, -0.1) is 0 Å². The topological polar surface area (TPSA) is 93.2 Å². The van der Waals surface area contributed by atoms with Gasteiger partial charge in [0.15, 0.2) is 0 Å². The summed E-state index contributed by atoms with van der Waals surface area (Å²) in [5, 5.41) is 3.13. The fraction of sp³-hybridized carbons (Fsp3) is 0.125. The summed E-state index contributed by atoms with van der Waals surface area (Å²) in [4.78, 5) is 40.7. The molecule has 0 saturated heterocycles. The zero-order chi connectivity index (χ0) is 21.8. The standard InChI is InChI=1S/C24H21N3O4/c1-31-19-10-7-16(8-11-19)14-25-22(28)18-9-12-21-20(13-18)23(29)27(24(30)26-21)15-17-5-3-2-4-6-17/h2-13H,14-15H2,1H3,(H,25,28)(H,26,30). The predicted molar refractivity (Wildman–Crippen MR) is 119 cm³/mol. The average Bonchev–Trinajstić information content (AvgIpc) is 2.81. The van der Waals surface area contributed by atoms with Gasteiger partial charge in [0, 0.05) is 12.1 Å². The number of carbonyl (C=O) groups excluding carboxylic acids is 1. The summed E-state index contributed by atoms with van der Waals surface area (Å²) < 4.78 is 6.26. The van der Waals surface area contributed by atoms with Crippen LogP contribution in [0.3, 0.4) is 0 Å². The van der Waals surface area contributed by atoms with Crippen molar-refractivity contribution in [2.75, 3.05) is 7.11 Å². The van der Waals surface area contributed by atoms with E-state index in [1.807, 2.05) is 54.6 Å². The van der Waals surface area contributed by atoms with Crippen LogP contribution in [0.15, 0.2) is 82.4 Å². The molecule has 0 aliphatic rings. The molecule has 156 valence electrons. The van der Waals surface area contributed by atoms with Crippen molar-refractivity contribution in [3.05, 3.63) is 110 Å². The first-order valence-electron chi connectivity index (χ1n) is 9.77. The summed E-state index contributed by atoms with van der Waals surface area (Å²) in [6.45, 7) is 0.490. The number of aromatic nitrogens is 2. The molecule has 7 heteroatoms. The van der Waals surface area contributed by atoms with Crippen molar-refractivity contribution in [2.24, 2.45) is 0 Å². The Morgan fingerprint density at radius 1 is 0.968 bits per heavy atom. The van der Waals surface area contributed by atoms with Crippen LogP contribution < -0.4 is 21.3 Å². The number of methoxy groups -OCH3 is 1. The molecule has 0 unspecified atom stereocenters. The molecular weight excluding hydrogens is 394 g/mol. The number of nitrogens with one attached hydrogen (secondary N) is 2. The summed E-state index contributed by atoms with van der Waals surface area (Å²) in [5.74, 6) is 0.434. The van der Waals surface area contributed by atoms with Crippen LogP contribution in [0.25, 0.3) is 10.9 Å². The van der Waals surface area contributed by atoms with E-state index in [9.17, 15) is 14.4 Å². The Kier molecular flexibility index (Phi) is 5.66. The predicted octanol–water partition coefficient (Wildman–Crippen LogP) is 2.68. The summed E-state index contributed by atoms with van der Waals surface area (Å²) in [6.07, 6.45) is 0. The zero-order valence-electron chi connectivity index (χ0n) is 16.9. The lowest BCUT2D eigenvalue weighted by Crippen LogP contribution is -2.35. The van der Waals surface area contributed by atoms with Crippen LogP contribution in [0.5, 0.6) is 5.75 Å². The largest absolute Gasteiger partial charge is 0.497 e. The van der Waals surface area contributed by atoms with Crippen molar-refractivity contribution in [3.8, 4) is 5.75 Å². The normalized spacial score (nSPS) is 10.7. The zero-order valence-corrected chi connectivity index (χ0v) is 16.9. The van der Waals surface area contributed by atoms with Gasteiger partial charge in [-0.05, 0) is 41.5 Å². The molecule has 0 bridgehead atoms. The lowest BCUT2D eigenvalue weighted by molar-refractivity contribution is 0.0951. The summed E-state index contributed by atoms with van der Waals surface area (Å²) in [6, 6.07) is 21.3. The Bertz CT molecular complexity index is 1340. The number of benzene rings is 3. The maximum atomic E-state index is 13.0. The number of carbonyl (C=O) groups is 1. The van der Waals surface area contributed by atoms with Crippen molar-refractivity contribution in [1.82, 2.24) is 14.9 Å². The maximum absolute atomic E-state index is 13.0. The van der Waals surface area contributed by atoms with E-state index in [-0.39, 0.29) is 17.8 Å². The van der Waals surface area contributed by atoms with E-state index in [2.05, 4.69) is 10.3 Å². The molecule has 1 amide bonds. The lowest BCUT2D eigenvalue weighted by atomic mass is 10.1. The Balaban J connectivity index is 1.59. The number of rotatable bonds is 6. The Hall–Kier alpha value is -4.13. The van der Waals surface area contributed by atoms with Gasteiger partial charge >= 0.3 is 5.69 Å². The van der Waals surface area contributed by atoms with Gasteiger partial charge in [0.05, 0.1) is 24.6 Å². The van der Waals surface area contributed by atoms with Gasteiger partial charge in [-0.25, -0.2) is 4.79 Å². The Labute approximate surface area is 177 Å². The quantitative estimate of drug-likeness (QED) is 0.506. The molecule has 0 saturated carbocycles. The molecule has 4 aromatic rings. The molecule has 0 spiro atoms. The molecule has 0 radical (unpaired) electrons. The molecule has 3 aromatic carbocycles. The van der Waals surface area contributed by atoms with E-state index in [1.54, 1.807) is 19.2 Å². The minimum atomic E-state index is -0.488. The fourth-order valence-electron chi connectivity index (χ4n) is 3.33. The molecule has 1 aromatic heterocycles. The van der Waals surface area contributed by atoms with Crippen molar-refractivity contribution < 1.29 is 9.53 Å². The van der Waals surface area contributed by atoms with E-state index in [1.165, 1.54) is 6.07 Å². The second kappa shape index (κ2) is 8.71. The van der Waals surface area contributed by atoms with Crippen LogP contribution in [0, 0.1) is 0 Å². The number of aromatic amines is 1. The van der Waals surface area contributed by atoms with Crippen molar-refractivity contribution >= 4 is 16.8 Å². The first-order chi connectivity index (χ1) is 15.0. The highest BCUT2D eigenvalue weighted by molar-refractivity contribution is 5.97. The molecular formula is C24H21N3O4. The average molecular weight is 415 g/mol. The minimum absolute atomic E-state index is 0.152. The van der Waals surface area contributed by atoms with Gasteiger partial charge in [-0.2, -0.15) is 0 Å². The van der Waals surface area contributed by atoms with Crippen LogP contribution in [-0.4, -0.2) is 22.6 Å². The molecule has 0 fully saturated rings. The number of amides is 1. The third-order valence-corrected chi connectivity index (χ3v) is 5.04. The Morgan fingerprint density at radius 3 is 2.42 bits per heavy atom. The SMILES string of the molecule is COc1ccc(CNC(=O)c2ccc3[nH]c(=O)n(Cc4ccccc4)c(=O)c3c2)cc1. The molecule has 2 N–H and O–H groups in total. The van der Waals surface area contributed by atoms with Crippen LogP contribution in [-0.2, 0) is 13.1 Å². The number of hydrogen-bond donors (Lipinski definition) is 2. The molecule has 0 aliphatic heterocycles. The highest BCUT2D eigenvalue weighted by Gasteiger charge is 2.12. The molecule has 1 heterocycles. The lowest BCUT2D eigenvalue weighted by Gasteiger charge is -2.09. The van der Waals surface area contributed by atoms with Gasteiger partial charge in [0.25, 0.3) is 11.5 Å². The van der Waals surface area contributed by atoms with Crippen LogP contribution in [0.4, 0.5) is 0 Å². The highest BCUT2D eigenvalue weighted by Crippen LogP contribution is 2.12. The number of hydrogen-bond acceptors (Lipinski definition) is 4. The summed E-state index contributed by atoms with van der Waals surface area (Å²) in [7, 11) is 1.59. The van der Waals surface area contributed by atoms with Gasteiger partial charge < -0.3 is 15.0 Å². The van der Waals surface area contributed by atoms with E-state index >= 15 is 0 Å². The molecule has 31 heavy (non-hydrogen) atoms. The van der Waals surface area contributed by atoms with Crippen LogP contribution in [0.2, 0.25) is 0 Å². The summed E-state index contributed by atoms with van der Waals surface area (Å²) >= 11 is 0. The number of nitrogens with zero attached hydrogens (tertiary/aromatic N) is 1. The molecule has 0 aliphatic carbocycles. The van der Waals surface area contributed by atoms with Crippen molar-refractivity contribution in [3.63, 3.8) is 0 Å². The number of H-pyrrole nitrogens is 1. The summed E-state index contributed by atoms with van der Waals surface area (Å²) in [5.41, 5.74) is 1.57. The monoisotopic (exact) mass is 415 g/mol. The first-order valence-corrected chi connectivity index (χ1v) is 9.77. The van der Waals surface area contributed by atoms with Gasteiger partial charge in [0.2, 0.25) is 0 Å². The molecule has 7 nitrogen and oxygen atoms in total. The van der Waals surface area contributed by atoms with Crippen LogP contribution in [0.1, 0.15) is 21.5 Å².